The number of piperidine rings is 1. The molecule has 2 aliphatic rings. The number of amides is 2. The summed E-state index contributed by atoms with van der Waals surface area (Å²) in [5.74, 6) is 1.97. The summed E-state index contributed by atoms with van der Waals surface area (Å²) < 4.78 is 11.3. The van der Waals surface area contributed by atoms with E-state index in [1.807, 2.05) is 13.0 Å². The predicted molar refractivity (Wildman–Crippen MR) is 106 cm³/mol. The van der Waals surface area contributed by atoms with Crippen molar-refractivity contribution < 1.29 is 14.3 Å². The Hall–Kier alpha value is -2.74. The topological polar surface area (TPSA) is 91.5 Å². The van der Waals surface area contributed by atoms with Crippen LogP contribution in [0, 0.1) is 0 Å². The minimum Gasteiger partial charge on any atom is -0.486 e. The van der Waals surface area contributed by atoms with Crippen LogP contribution in [0.2, 0.25) is 0 Å². The summed E-state index contributed by atoms with van der Waals surface area (Å²) in [6.45, 7) is 6.53. The number of hydrogen-bond donors (Lipinski definition) is 3. The smallest absolute Gasteiger partial charge is 0.319 e. The molecule has 28 heavy (non-hydrogen) atoms. The molecule has 1 aromatic heterocycles. The molecule has 0 bridgehead atoms. The van der Waals surface area contributed by atoms with Crippen LogP contribution in [0.25, 0.3) is 0 Å². The van der Waals surface area contributed by atoms with Gasteiger partial charge in [0.25, 0.3) is 0 Å². The van der Waals surface area contributed by atoms with E-state index in [4.69, 9.17) is 9.47 Å². The van der Waals surface area contributed by atoms with Crippen LogP contribution in [-0.2, 0) is 6.54 Å². The molecule has 1 aromatic carbocycles. The fourth-order valence-corrected chi connectivity index (χ4v) is 3.91. The van der Waals surface area contributed by atoms with Crippen LogP contribution in [0.1, 0.15) is 36.9 Å². The van der Waals surface area contributed by atoms with Crippen molar-refractivity contribution in [1.29, 1.82) is 0 Å². The number of ether oxygens (including phenoxy) is 2. The monoisotopic (exact) mass is 385 g/mol. The maximum absolute atomic E-state index is 11.9. The van der Waals surface area contributed by atoms with Gasteiger partial charge in [-0.2, -0.15) is 5.10 Å². The summed E-state index contributed by atoms with van der Waals surface area (Å²) >= 11 is 0. The van der Waals surface area contributed by atoms with E-state index in [-0.39, 0.29) is 6.03 Å². The standard InChI is InChI=1S/C20H27N5O3/c1-2-21-20(26)23-16-11-22-24-19(16)15-4-3-7-25(13-15)12-14-5-6-17-18(10-14)28-9-8-27-17/h5-6,10-11,15H,2-4,7-9,12-13H2,1H3,(H,22,24)(H2,21,23,26). The molecule has 150 valence electrons. The first-order chi connectivity index (χ1) is 13.7. The zero-order valence-electron chi connectivity index (χ0n) is 16.2. The molecule has 0 spiro atoms. The van der Waals surface area contributed by atoms with E-state index in [9.17, 15) is 4.79 Å². The molecule has 2 aliphatic heterocycles. The maximum Gasteiger partial charge on any atom is 0.319 e. The number of H-pyrrole nitrogens is 1. The second-order valence-corrected chi connectivity index (χ2v) is 7.23. The van der Waals surface area contributed by atoms with Crippen LogP contribution in [0.5, 0.6) is 11.5 Å². The van der Waals surface area contributed by atoms with Crippen LogP contribution in [-0.4, -0.2) is 54.0 Å². The van der Waals surface area contributed by atoms with E-state index >= 15 is 0 Å². The van der Waals surface area contributed by atoms with E-state index < -0.39 is 0 Å². The van der Waals surface area contributed by atoms with Crippen molar-refractivity contribution in [2.75, 3.05) is 38.2 Å². The van der Waals surface area contributed by atoms with E-state index in [0.29, 0.717) is 25.7 Å². The van der Waals surface area contributed by atoms with E-state index in [1.165, 1.54) is 5.56 Å². The van der Waals surface area contributed by atoms with Crippen molar-refractivity contribution in [3.8, 4) is 11.5 Å². The highest BCUT2D eigenvalue weighted by molar-refractivity contribution is 5.89. The number of carbonyl (C=O) groups excluding carboxylic acids is 1. The molecule has 3 N–H and O–H groups in total. The number of anilines is 1. The van der Waals surface area contributed by atoms with Crippen molar-refractivity contribution in [3.63, 3.8) is 0 Å². The van der Waals surface area contributed by atoms with Gasteiger partial charge in [-0.1, -0.05) is 6.07 Å². The number of urea groups is 1. The van der Waals surface area contributed by atoms with Crippen molar-refractivity contribution >= 4 is 11.7 Å². The van der Waals surface area contributed by atoms with Crippen molar-refractivity contribution in [2.24, 2.45) is 0 Å². The molecule has 2 aromatic rings. The molecule has 0 aliphatic carbocycles. The third-order valence-electron chi connectivity index (χ3n) is 5.18. The fourth-order valence-electron chi connectivity index (χ4n) is 3.91. The molecule has 1 fully saturated rings. The van der Waals surface area contributed by atoms with Crippen LogP contribution in [0.3, 0.4) is 0 Å². The zero-order valence-corrected chi connectivity index (χ0v) is 16.2. The van der Waals surface area contributed by atoms with E-state index in [1.54, 1.807) is 6.20 Å². The van der Waals surface area contributed by atoms with Gasteiger partial charge in [0.2, 0.25) is 0 Å². The first kappa shape index (κ1) is 18.6. The molecule has 4 rings (SSSR count). The molecule has 1 saturated heterocycles. The number of fused-ring (bicyclic) bond motifs is 1. The van der Waals surface area contributed by atoms with Gasteiger partial charge in [0.1, 0.15) is 13.2 Å². The van der Waals surface area contributed by atoms with Gasteiger partial charge in [0.15, 0.2) is 11.5 Å². The summed E-state index contributed by atoms with van der Waals surface area (Å²) in [6, 6.07) is 5.98. The van der Waals surface area contributed by atoms with Gasteiger partial charge in [-0.05, 0) is 44.0 Å². The zero-order chi connectivity index (χ0) is 19.3. The van der Waals surface area contributed by atoms with E-state index in [0.717, 1.165) is 55.4 Å². The van der Waals surface area contributed by atoms with Gasteiger partial charge in [-0.3, -0.25) is 10.00 Å². The van der Waals surface area contributed by atoms with Crippen LogP contribution in [0.15, 0.2) is 24.4 Å². The van der Waals surface area contributed by atoms with Crippen LogP contribution in [0.4, 0.5) is 10.5 Å². The summed E-state index contributed by atoms with van der Waals surface area (Å²) in [4.78, 5) is 14.3. The third-order valence-corrected chi connectivity index (χ3v) is 5.18. The molecule has 0 saturated carbocycles. The first-order valence-electron chi connectivity index (χ1n) is 9.92. The largest absolute Gasteiger partial charge is 0.486 e. The molecule has 8 nitrogen and oxygen atoms in total. The second-order valence-electron chi connectivity index (χ2n) is 7.23. The number of nitrogens with one attached hydrogen (secondary N) is 3. The minimum atomic E-state index is -0.200. The highest BCUT2D eigenvalue weighted by Gasteiger charge is 2.25. The molecular weight excluding hydrogens is 358 g/mol. The van der Waals surface area contributed by atoms with Gasteiger partial charge in [-0.25, -0.2) is 4.79 Å². The van der Waals surface area contributed by atoms with Gasteiger partial charge < -0.3 is 20.1 Å². The Morgan fingerprint density at radius 3 is 3.04 bits per heavy atom. The summed E-state index contributed by atoms with van der Waals surface area (Å²) in [7, 11) is 0. The lowest BCUT2D eigenvalue weighted by atomic mass is 9.93. The Labute approximate surface area is 164 Å². The predicted octanol–water partition coefficient (Wildman–Crippen LogP) is 2.70. The summed E-state index contributed by atoms with van der Waals surface area (Å²) in [6.07, 6.45) is 3.86. The minimum absolute atomic E-state index is 0.200. The summed E-state index contributed by atoms with van der Waals surface area (Å²) in [5, 5.41) is 12.9. The number of aromatic nitrogens is 2. The highest BCUT2D eigenvalue weighted by atomic mass is 16.6. The van der Waals surface area contributed by atoms with Gasteiger partial charge in [-0.15, -0.1) is 0 Å². The number of aromatic amines is 1. The molecule has 2 amide bonds. The van der Waals surface area contributed by atoms with Crippen molar-refractivity contribution in [1.82, 2.24) is 20.4 Å². The molecule has 0 radical (unpaired) electrons. The normalized spacial score (nSPS) is 19.2. The molecule has 1 atom stereocenters. The first-order valence-corrected chi connectivity index (χ1v) is 9.92. The van der Waals surface area contributed by atoms with Crippen molar-refractivity contribution in [2.45, 2.75) is 32.2 Å². The lowest BCUT2D eigenvalue weighted by Crippen LogP contribution is -2.34. The Morgan fingerprint density at radius 1 is 1.32 bits per heavy atom. The highest BCUT2D eigenvalue weighted by Crippen LogP contribution is 2.33. The number of carbonyl (C=O) groups is 1. The Kier molecular flexibility index (Phi) is 5.66. The van der Waals surface area contributed by atoms with Crippen LogP contribution >= 0.6 is 0 Å². The number of benzene rings is 1. The Morgan fingerprint density at radius 2 is 2.18 bits per heavy atom. The molecular formula is C20H27N5O3. The molecule has 8 heteroatoms. The number of likely N-dealkylation sites (tertiary alicyclic amines) is 1. The Bertz CT molecular complexity index is 822. The van der Waals surface area contributed by atoms with Gasteiger partial charge >= 0.3 is 6.03 Å². The van der Waals surface area contributed by atoms with Crippen molar-refractivity contribution in [3.05, 3.63) is 35.7 Å². The quantitative estimate of drug-likeness (QED) is 0.736. The second kappa shape index (κ2) is 8.52. The Balaban J connectivity index is 1.41. The average molecular weight is 385 g/mol. The number of rotatable bonds is 5. The lowest BCUT2D eigenvalue weighted by molar-refractivity contribution is 0.170. The van der Waals surface area contributed by atoms with E-state index in [2.05, 4.69) is 37.9 Å². The van der Waals surface area contributed by atoms with Gasteiger partial charge in [0.05, 0.1) is 17.6 Å². The molecule has 1 unspecified atom stereocenters. The summed E-state index contributed by atoms with van der Waals surface area (Å²) in [5.41, 5.74) is 2.98. The molecule has 3 heterocycles. The number of nitrogens with zero attached hydrogens (tertiary/aromatic N) is 2. The fraction of sp³-hybridized carbons (Fsp3) is 0.500. The van der Waals surface area contributed by atoms with Gasteiger partial charge in [0, 0.05) is 25.6 Å². The van der Waals surface area contributed by atoms with Crippen LogP contribution < -0.4 is 20.1 Å². The SMILES string of the molecule is CCNC(=O)Nc1cn[nH]c1C1CCCN(Cc2ccc3c(c2)OCCO3)C1. The maximum atomic E-state index is 11.9. The average Bonchev–Trinajstić information content (AvgIpc) is 3.16. The third kappa shape index (κ3) is 4.22. The number of hydrogen-bond acceptors (Lipinski definition) is 5. The lowest BCUT2D eigenvalue weighted by Gasteiger charge is -2.33.